The average Bonchev–Trinajstić information content (AvgIpc) is 2.36. The Morgan fingerprint density at radius 3 is 2.24 bits per heavy atom. The summed E-state index contributed by atoms with van der Waals surface area (Å²) in [7, 11) is 0. The van der Waals surface area contributed by atoms with Gasteiger partial charge in [0, 0.05) is 6.42 Å². The van der Waals surface area contributed by atoms with Crippen LogP contribution in [0.1, 0.15) is 38.8 Å². The van der Waals surface area contributed by atoms with Crippen LogP contribution in [-0.4, -0.2) is 22.3 Å². The van der Waals surface area contributed by atoms with Crippen LogP contribution in [0.2, 0.25) is 0 Å². The molecule has 1 aromatic rings. The molecule has 0 aliphatic carbocycles. The van der Waals surface area contributed by atoms with Crippen molar-refractivity contribution in [3.8, 4) is 0 Å². The van der Waals surface area contributed by atoms with E-state index in [2.05, 4.69) is 5.32 Å². The number of carbonyl (C=O) groups excluding carboxylic acids is 2. The van der Waals surface area contributed by atoms with Crippen LogP contribution in [0, 0.1) is 0 Å². The number of hydrogen-bond acceptors (Lipinski definition) is 3. The molecule has 1 amide bonds. The van der Waals surface area contributed by atoms with Gasteiger partial charge in [0.15, 0.2) is 10.6 Å². The molecule has 0 aliphatic rings. The van der Waals surface area contributed by atoms with Gasteiger partial charge in [0.2, 0.25) is 0 Å². The Kier molecular flexibility index (Phi) is 6.49. The van der Waals surface area contributed by atoms with Crippen LogP contribution in [0.25, 0.3) is 0 Å². The van der Waals surface area contributed by atoms with Crippen LogP contribution in [0.3, 0.4) is 0 Å². The fourth-order valence-electron chi connectivity index (χ4n) is 1.68. The third-order valence-electron chi connectivity index (χ3n) is 2.54. The normalized spacial score (nSPS) is 12.9. The second-order valence-corrected chi connectivity index (χ2v) is 6.68. The molecule has 1 N–H and O–H groups in total. The summed E-state index contributed by atoms with van der Waals surface area (Å²) in [6.45, 7) is 5.30. The first kappa shape index (κ1) is 17.8. The van der Waals surface area contributed by atoms with E-state index >= 15 is 0 Å². The van der Waals surface area contributed by atoms with E-state index in [9.17, 15) is 9.59 Å². The highest BCUT2D eigenvalue weighted by atomic mass is 35.5. The maximum absolute atomic E-state index is 11.9. The highest BCUT2D eigenvalue weighted by Crippen LogP contribution is 2.21. The highest BCUT2D eigenvalue weighted by molar-refractivity contribution is 6.53. The van der Waals surface area contributed by atoms with Crippen LogP contribution in [0.15, 0.2) is 30.3 Å². The molecule has 0 saturated carbocycles. The van der Waals surface area contributed by atoms with Crippen molar-refractivity contribution in [1.29, 1.82) is 0 Å². The molecule has 1 aromatic carbocycles. The van der Waals surface area contributed by atoms with E-state index in [0.29, 0.717) is 0 Å². The summed E-state index contributed by atoms with van der Waals surface area (Å²) in [4.78, 5) is 22.5. The largest absolute Gasteiger partial charge is 0.444 e. The molecule has 0 heterocycles. The fraction of sp³-hybridized carbons (Fsp3) is 0.467. The first-order valence-corrected chi connectivity index (χ1v) is 7.41. The van der Waals surface area contributed by atoms with E-state index in [0.717, 1.165) is 5.56 Å². The molecule has 0 aliphatic heterocycles. The minimum absolute atomic E-state index is 0.000916. The summed E-state index contributed by atoms with van der Waals surface area (Å²) < 4.78 is 5.20. The summed E-state index contributed by atoms with van der Waals surface area (Å²) in [6.07, 6.45) is -0.592. The lowest BCUT2D eigenvalue weighted by Crippen LogP contribution is -2.36. The summed E-state index contributed by atoms with van der Waals surface area (Å²) in [5.74, 6) is -0.358. The molecule has 1 rings (SSSR count). The SMILES string of the molecule is CC(C)(C)OC(=O)NC(CC(=O)C(Cl)Cl)c1ccccc1. The Labute approximate surface area is 134 Å². The van der Waals surface area contributed by atoms with Crippen molar-refractivity contribution in [3.05, 3.63) is 35.9 Å². The Bertz CT molecular complexity index is 483. The van der Waals surface area contributed by atoms with Gasteiger partial charge in [0.1, 0.15) is 5.60 Å². The number of nitrogens with one attached hydrogen (secondary N) is 1. The third kappa shape index (κ3) is 6.82. The van der Waals surface area contributed by atoms with Gasteiger partial charge in [0.05, 0.1) is 6.04 Å². The van der Waals surface area contributed by atoms with Gasteiger partial charge in [-0.2, -0.15) is 0 Å². The van der Waals surface area contributed by atoms with Gasteiger partial charge in [0.25, 0.3) is 0 Å². The first-order chi connectivity index (χ1) is 9.69. The van der Waals surface area contributed by atoms with Gasteiger partial charge in [-0.15, -0.1) is 0 Å². The Morgan fingerprint density at radius 2 is 1.76 bits per heavy atom. The zero-order chi connectivity index (χ0) is 16.0. The maximum Gasteiger partial charge on any atom is 0.408 e. The van der Waals surface area contributed by atoms with Crippen LogP contribution in [0.5, 0.6) is 0 Å². The smallest absolute Gasteiger partial charge is 0.408 e. The fourth-order valence-corrected chi connectivity index (χ4v) is 1.86. The minimum Gasteiger partial charge on any atom is -0.444 e. The molecule has 116 valence electrons. The topological polar surface area (TPSA) is 55.4 Å². The first-order valence-electron chi connectivity index (χ1n) is 6.54. The predicted molar refractivity (Wildman–Crippen MR) is 83.7 cm³/mol. The van der Waals surface area contributed by atoms with Crippen LogP contribution < -0.4 is 5.32 Å². The van der Waals surface area contributed by atoms with E-state index in [4.69, 9.17) is 27.9 Å². The molecular weight excluding hydrogens is 313 g/mol. The number of amides is 1. The van der Waals surface area contributed by atoms with Crippen molar-refractivity contribution in [3.63, 3.8) is 0 Å². The zero-order valence-electron chi connectivity index (χ0n) is 12.2. The van der Waals surface area contributed by atoms with Gasteiger partial charge < -0.3 is 10.1 Å². The van der Waals surface area contributed by atoms with E-state index in [1.54, 1.807) is 20.8 Å². The van der Waals surface area contributed by atoms with Gasteiger partial charge in [-0.1, -0.05) is 53.5 Å². The molecule has 0 radical (unpaired) electrons. The molecule has 6 heteroatoms. The average molecular weight is 332 g/mol. The number of benzene rings is 1. The summed E-state index contributed by atoms with van der Waals surface area (Å²) in [5.41, 5.74) is 0.169. The van der Waals surface area contributed by atoms with Crippen LogP contribution in [0.4, 0.5) is 4.79 Å². The molecule has 1 atom stereocenters. The molecule has 1 unspecified atom stereocenters. The molecule has 4 nitrogen and oxygen atoms in total. The van der Waals surface area contributed by atoms with Gasteiger partial charge in [-0.05, 0) is 26.3 Å². The lowest BCUT2D eigenvalue weighted by atomic mass is 10.0. The number of Topliss-reactive ketones (excluding diaryl/α,β-unsaturated/α-hetero) is 1. The van der Waals surface area contributed by atoms with E-state index < -0.39 is 22.6 Å². The van der Waals surface area contributed by atoms with Gasteiger partial charge in [-0.3, -0.25) is 4.79 Å². The monoisotopic (exact) mass is 331 g/mol. The lowest BCUT2D eigenvalue weighted by molar-refractivity contribution is -0.117. The lowest BCUT2D eigenvalue weighted by Gasteiger charge is -2.23. The van der Waals surface area contributed by atoms with E-state index in [1.165, 1.54) is 0 Å². The molecule has 0 bridgehead atoms. The maximum atomic E-state index is 11.9. The van der Waals surface area contributed by atoms with Gasteiger partial charge >= 0.3 is 6.09 Å². The third-order valence-corrected chi connectivity index (χ3v) is 3.03. The standard InChI is InChI=1S/C15H19Cl2NO3/c1-15(2,3)21-14(20)18-11(9-12(19)13(16)17)10-7-5-4-6-8-10/h4-8,11,13H,9H2,1-3H3,(H,18,20). The quantitative estimate of drug-likeness (QED) is 0.829. The van der Waals surface area contributed by atoms with Crippen molar-refractivity contribution in [2.45, 2.75) is 43.7 Å². The number of halogens is 2. The number of alkyl carbamates (subject to hydrolysis) is 1. The summed E-state index contributed by atoms with van der Waals surface area (Å²) in [5, 5.41) is 2.68. The second kappa shape index (κ2) is 7.66. The molecule has 0 aromatic heterocycles. The Balaban J connectivity index is 2.83. The highest BCUT2D eigenvalue weighted by Gasteiger charge is 2.24. The van der Waals surface area contributed by atoms with Crippen molar-refractivity contribution in [1.82, 2.24) is 5.32 Å². The summed E-state index contributed by atoms with van der Waals surface area (Å²) >= 11 is 11.1. The summed E-state index contributed by atoms with van der Waals surface area (Å²) in [6, 6.07) is 8.58. The van der Waals surface area contributed by atoms with E-state index in [1.807, 2.05) is 30.3 Å². The van der Waals surface area contributed by atoms with Crippen molar-refractivity contribution in [2.24, 2.45) is 0 Å². The Morgan fingerprint density at radius 1 is 1.19 bits per heavy atom. The zero-order valence-corrected chi connectivity index (χ0v) is 13.7. The Hall–Kier alpha value is -1.26. The number of alkyl halides is 2. The van der Waals surface area contributed by atoms with Crippen LogP contribution in [-0.2, 0) is 9.53 Å². The number of rotatable bonds is 5. The van der Waals surface area contributed by atoms with E-state index in [-0.39, 0.29) is 12.2 Å². The molecule has 21 heavy (non-hydrogen) atoms. The van der Waals surface area contributed by atoms with Crippen molar-refractivity contribution < 1.29 is 14.3 Å². The molecule has 0 saturated heterocycles. The molecule has 0 fully saturated rings. The number of ketones is 1. The van der Waals surface area contributed by atoms with Crippen LogP contribution >= 0.6 is 23.2 Å². The van der Waals surface area contributed by atoms with Gasteiger partial charge in [-0.25, -0.2) is 4.79 Å². The van der Waals surface area contributed by atoms with Crippen molar-refractivity contribution >= 4 is 35.1 Å². The minimum atomic E-state index is -1.11. The number of hydrogen-bond donors (Lipinski definition) is 1. The number of ether oxygens (including phenoxy) is 1. The number of carbonyl (C=O) groups is 2. The second-order valence-electron chi connectivity index (χ2n) is 5.58. The molecule has 0 spiro atoms. The molecular formula is C15H19Cl2NO3. The predicted octanol–water partition coefficient (Wildman–Crippen LogP) is 4.02. The van der Waals surface area contributed by atoms with Crippen molar-refractivity contribution in [2.75, 3.05) is 0 Å².